The Morgan fingerprint density at radius 3 is 2.61 bits per heavy atom. The second-order valence-corrected chi connectivity index (χ2v) is 6.25. The minimum atomic E-state index is -1.10. The van der Waals surface area contributed by atoms with E-state index in [-0.39, 0.29) is 16.5 Å². The molecule has 0 aliphatic carbocycles. The molecule has 2 heterocycles. The first-order valence-electron chi connectivity index (χ1n) is 7.35. The first-order chi connectivity index (χ1) is 11.0. The van der Waals surface area contributed by atoms with Crippen molar-refractivity contribution in [3.05, 3.63) is 51.1 Å². The summed E-state index contributed by atoms with van der Waals surface area (Å²) in [4.78, 5) is 29.2. The van der Waals surface area contributed by atoms with E-state index in [4.69, 9.17) is 0 Å². The molecule has 6 heteroatoms. The van der Waals surface area contributed by atoms with Gasteiger partial charge in [0.1, 0.15) is 10.7 Å². The minimum Gasteiger partial charge on any atom is -0.478 e. The van der Waals surface area contributed by atoms with E-state index >= 15 is 0 Å². The number of benzene rings is 1. The lowest BCUT2D eigenvalue weighted by Crippen LogP contribution is -2.24. The topological polar surface area (TPSA) is 72.2 Å². The summed E-state index contributed by atoms with van der Waals surface area (Å²) in [5, 5.41) is 10.9. The van der Waals surface area contributed by atoms with Crippen LogP contribution in [0.4, 0.5) is 0 Å². The summed E-state index contributed by atoms with van der Waals surface area (Å²) in [6.07, 6.45) is 0.762. The fourth-order valence-electron chi connectivity index (χ4n) is 2.54. The van der Waals surface area contributed by atoms with Gasteiger partial charge in [0.05, 0.1) is 10.9 Å². The van der Waals surface area contributed by atoms with Crippen molar-refractivity contribution >= 4 is 27.5 Å². The zero-order valence-corrected chi connectivity index (χ0v) is 13.7. The lowest BCUT2D eigenvalue weighted by atomic mass is 10.1. The molecule has 3 aromatic rings. The number of aromatic nitrogens is 2. The van der Waals surface area contributed by atoms with Crippen molar-refractivity contribution in [1.82, 2.24) is 9.55 Å². The molecule has 23 heavy (non-hydrogen) atoms. The highest BCUT2D eigenvalue weighted by Crippen LogP contribution is 2.25. The third-order valence-electron chi connectivity index (χ3n) is 3.68. The molecule has 0 saturated carbocycles. The molecule has 0 saturated heterocycles. The average molecular weight is 328 g/mol. The number of aromatic carboxylic acids is 1. The number of carboxylic acid groups (broad SMARTS) is 1. The summed E-state index contributed by atoms with van der Waals surface area (Å²) in [7, 11) is 0. The van der Waals surface area contributed by atoms with Gasteiger partial charge in [-0.05, 0) is 13.3 Å². The maximum atomic E-state index is 12.8. The highest BCUT2D eigenvalue weighted by Gasteiger charge is 2.19. The third kappa shape index (κ3) is 2.66. The monoisotopic (exact) mass is 328 g/mol. The highest BCUT2D eigenvalue weighted by molar-refractivity contribution is 7.17. The van der Waals surface area contributed by atoms with Crippen molar-refractivity contribution in [2.24, 2.45) is 0 Å². The van der Waals surface area contributed by atoms with Crippen LogP contribution in [0.15, 0.2) is 34.4 Å². The van der Waals surface area contributed by atoms with Crippen LogP contribution < -0.4 is 5.56 Å². The normalized spacial score (nSPS) is 11.0. The fourth-order valence-corrected chi connectivity index (χ4v) is 3.44. The number of aryl methyl sites for hydroxylation is 1. The summed E-state index contributed by atoms with van der Waals surface area (Å²) in [6, 6.07) is 7.81. The van der Waals surface area contributed by atoms with E-state index in [1.807, 2.05) is 38.1 Å². The maximum absolute atomic E-state index is 12.8. The third-order valence-corrected chi connectivity index (χ3v) is 4.55. The standard InChI is InChI=1S/C17H16N2O3S/c1-3-8-19-14(11-6-4-10(2)5-7-11)18-15-13(16(19)20)12(9-23-15)17(21)22/h4-7,9H,3,8H2,1-2H3,(H,21,22). The van der Waals surface area contributed by atoms with Gasteiger partial charge in [0, 0.05) is 17.5 Å². The van der Waals surface area contributed by atoms with Crippen molar-refractivity contribution in [2.75, 3.05) is 0 Å². The zero-order chi connectivity index (χ0) is 16.6. The summed E-state index contributed by atoms with van der Waals surface area (Å²) in [5.41, 5.74) is 1.73. The first-order valence-corrected chi connectivity index (χ1v) is 8.23. The molecule has 3 rings (SSSR count). The molecule has 0 unspecified atom stereocenters. The molecule has 0 fully saturated rings. The quantitative estimate of drug-likeness (QED) is 0.795. The largest absolute Gasteiger partial charge is 0.478 e. The van der Waals surface area contributed by atoms with Crippen LogP contribution in [0.3, 0.4) is 0 Å². The highest BCUT2D eigenvalue weighted by atomic mass is 32.1. The molecular formula is C17H16N2O3S. The van der Waals surface area contributed by atoms with Crippen LogP contribution >= 0.6 is 11.3 Å². The van der Waals surface area contributed by atoms with Gasteiger partial charge in [0.15, 0.2) is 0 Å². The smallest absolute Gasteiger partial charge is 0.337 e. The Morgan fingerprint density at radius 1 is 1.30 bits per heavy atom. The van der Waals surface area contributed by atoms with Crippen molar-refractivity contribution in [3.63, 3.8) is 0 Å². The van der Waals surface area contributed by atoms with Crippen LogP contribution in [-0.4, -0.2) is 20.6 Å². The molecule has 0 bridgehead atoms. The zero-order valence-electron chi connectivity index (χ0n) is 12.9. The molecule has 0 radical (unpaired) electrons. The van der Waals surface area contributed by atoms with Crippen LogP contribution in [-0.2, 0) is 6.54 Å². The molecule has 0 aliphatic rings. The van der Waals surface area contributed by atoms with Crippen LogP contribution in [0.5, 0.6) is 0 Å². The molecule has 1 N–H and O–H groups in total. The van der Waals surface area contributed by atoms with E-state index < -0.39 is 5.97 Å². The van der Waals surface area contributed by atoms with E-state index in [0.29, 0.717) is 17.2 Å². The number of nitrogens with zero attached hydrogens (tertiary/aromatic N) is 2. The molecule has 0 spiro atoms. The SMILES string of the molecule is CCCn1c(-c2ccc(C)cc2)nc2scc(C(=O)O)c2c1=O. The van der Waals surface area contributed by atoms with Gasteiger partial charge in [-0.2, -0.15) is 0 Å². The second kappa shape index (κ2) is 5.96. The minimum absolute atomic E-state index is 0.0304. The molecule has 5 nitrogen and oxygen atoms in total. The molecule has 0 aliphatic heterocycles. The average Bonchev–Trinajstić information content (AvgIpc) is 2.95. The molecule has 1 aromatic carbocycles. The summed E-state index contributed by atoms with van der Waals surface area (Å²) >= 11 is 1.19. The van der Waals surface area contributed by atoms with Gasteiger partial charge in [-0.1, -0.05) is 36.8 Å². The van der Waals surface area contributed by atoms with E-state index in [1.54, 1.807) is 4.57 Å². The maximum Gasteiger partial charge on any atom is 0.337 e. The summed E-state index contributed by atoms with van der Waals surface area (Å²) in [5.74, 6) is -0.510. The van der Waals surface area contributed by atoms with Gasteiger partial charge in [0.25, 0.3) is 5.56 Å². The van der Waals surface area contributed by atoms with Crippen molar-refractivity contribution < 1.29 is 9.90 Å². The number of fused-ring (bicyclic) bond motifs is 1. The number of carbonyl (C=O) groups is 1. The Balaban J connectivity index is 2.34. The second-order valence-electron chi connectivity index (χ2n) is 5.39. The Bertz CT molecular complexity index is 939. The summed E-state index contributed by atoms with van der Waals surface area (Å²) < 4.78 is 1.58. The van der Waals surface area contributed by atoms with E-state index in [0.717, 1.165) is 17.5 Å². The van der Waals surface area contributed by atoms with Gasteiger partial charge in [-0.25, -0.2) is 9.78 Å². The van der Waals surface area contributed by atoms with Crippen molar-refractivity contribution in [3.8, 4) is 11.4 Å². The number of rotatable bonds is 4. The van der Waals surface area contributed by atoms with Crippen molar-refractivity contribution in [2.45, 2.75) is 26.8 Å². The Labute approximate surface area is 136 Å². The predicted molar refractivity (Wildman–Crippen MR) is 91.3 cm³/mol. The number of hydrogen-bond donors (Lipinski definition) is 1. The Morgan fingerprint density at radius 2 is 2.00 bits per heavy atom. The van der Waals surface area contributed by atoms with Gasteiger partial charge < -0.3 is 5.11 Å². The van der Waals surface area contributed by atoms with Crippen molar-refractivity contribution in [1.29, 1.82) is 0 Å². The fraction of sp³-hybridized carbons (Fsp3) is 0.235. The van der Waals surface area contributed by atoms with Gasteiger partial charge >= 0.3 is 5.97 Å². The van der Waals surface area contributed by atoms with E-state index in [1.165, 1.54) is 16.7 Å². The van der Waals surface area contributed by atoms with Crippen LogP contribution in [0, 0.1) is 6.92 Å². The van der Waals surface area contributed by atoms with Crippen LogP contribution in [0.25, 0.3) is 21.6 Å². The van der Waals surface area contributed by atoms with E-state index in [9.17, 15) is 14.7 Å². The first kappa shape index (κ1) is 15.4. The van der Waals surface area contributed by atoms with Gasteiger partial charge in [0.2, 0.25) is 0 Å². The van der Waals surface area contributed by atoms with E-state index in [2.05, 4.69) is 4.98 Å². The van der Waals surface area contributed by atoms with Crippen LogP contribution in [0.2, 0.25) is 0 Å². The molecule has 2 aromatic heterocycles. The molecule has 118 valence electrons. The number of carboxylic acids is 1. The number of hydrogen-bond acceptors (Lipinski definition) is 4. The molecule has 0 atom stereocenters. The Kier molecular flexibility index (Phi) is 4.00. The number of thiophene rings is 1. The molecular weight excluding hydrogens is 312 g/mol. The predicted octanol–water partition coefficient (Wildman–Crippen LogP) is 3.54. The van der Waals surface area contributed by atoms with Gasteiger partial charge in [-0.15, -0.1) is 11.3 Å². The van der Waals surface area contributed by atoms with Crippen LogP contribution in [0.1, 0.15) is 29.3 Å². The summed E-state index contributed by atoms with van der Waals surface area (Å²) in [6.45, 7) is 4.47. The lowest BCUT2D eigenvalue weighted by Gasteiger charge is -2.12. The molecule has 0 amide bonds. The lowest BCUT2D eigenvalue weighted by molar-refractivity contribution is 0.0699. The Hall–Kier alpha value is -2.47. The van der Waals surface area contributed by atoms with Gasteiger partial charge in [-0.3, -0.25) is 9.36 Å².